The molecular formula is C14H11F2N9S. The molecule has 12 heteroatoms. The largest absolute Gasteiger partial charge is 0.384 e. The maximum absolute atomic E-state index is 13.4. The van der Waals surface area contributed by atoms with Gasteiger partial charge in [0.2, 0.25) is 5.65 Å². The van der Waals surface area contributed by atoms with E-state index in [1.54, 1.807) is 6.07 Å². The van der Waals surface area contributed by atoms with Crippen LogP contribution >= 0.6 is 11.8 Å². The zero-order valence-electron chi connectivity index (χ0n) is 13.0. The third kappa shape index (κ3) is 3.06. The quantitative estimate of drug-likeness (QED) is 0.509. The van der Waals surface area contributed by atoms with Crippen LogP contribution < -0.4 is 5.73 Å². The number of hydrogen-bond acceptors (Lipinski definition) is 8. The number of H-pyrrole nitrogens is 1. The van der Waals surface area contributed by atoms with Gasteiger partial charge in [-0.2, -0.15) is 15.4 Å². The fourth-order valence-corrected chi connectivity index (χ4v) is 3.35. The van der Waals surface area contributed by atoms with Crippen molar-refractivity contribution in [1.29, 1.82) is 0 Å². The molecule has 0 saturated carbocycles. The Labute approximate surface area is 149 Å². The van der Waals surface area contributed by atoms with Crippen LogP contribution in [0.15, 0.2) is 35.7 Å². The first kappa shape index (κ1) is 16.3. The van der Waals surface area contributed by atoms with Gasteiger partial charge in [0.25, 0.3) is 6.43 Å². The molecule has 0 atom stereocenters. The smallest absolute Gasteiger partial charge is 0.282 e. The Morgan fingerprint density at radius 1 is 1.27 bits per heavy atom. The van der Waals surface area contributed by atoms with Crippen LogP contribution in [0.2, 0.25) is 0 Å². The molecule has 4 heterocycles. The van der Waals surface area contributed by atoms with E-state index in [2.05, 4.69) is 35.5 Å². The zero-order valence-corrected chi connectivity index (χ0v) is 13.9. The van der Waals surface area contributed by atoms with Crippen LogP contribution in [0.5, 0.6) is 0 Å². The number of nitrogens with one attached hydrogen (secondary N) is 1. The predicted molar refractivity (Wildman–Crippen MR) is 89.8 cm³/mol. The van der Waals surface area contributed by atoms with Crippen LogP contribution in [0.25, 0.3) is 17.0 Å². The van der Waals surface area contributed by atoms with E-state index in [9.17, 15) is 8.78 Å². The molecule has 0 spiro atoms. The van der Waals surface area contributed by atoms with Crippen molar-refractivity contribution in [2.45, 2.75) is 17.1 Å². The maximum Gasteiger partial charge on any atom is 0.282 e. The Hall–Kier alpha value is -3.15. The van der Waals surface area contributed by atoms with Gasteiger partial charge in [-0.3, -0.25) is 4.98 Å². The van der Waals surface area contributed by atoms with Gasteiger partial charge in [-0.05, 0) is 6.07 Å². The fourth-order valence-electron chi connectivity index (χ4n) is 2.34. The molecule has 132 valence electrons. The van der Waals surface area contributed by atoms with E-state index < -0.39 is 6.43 Å². The number of aromatic nitrogens is 8. The minimum Gasteiger partial charge on any atom is -0.384 e. The summed E-state index contributed by atoms with van der Waals surface area (Å²) in [6.07, 6.45) is 3.21. The first-order chi connectivity index (χ1) is 12.6. The van der Waals surface area contributed by atoms with Gasteiger partial charge in [0.05, 0.1) is 6.20 Å². The van der Waals surface area contributed by atoms with Crippen molar-refractivity contribution < 1.29 is 8.78 Å². The Morgan fingerprint density at radius 3 is 2.92 bits per heavy atom. The summed E-state index contributed by atoms with van der Waals surface area (Å²) in [7, 11) is 0. The van der Waals surface area contributed by atoms with Gasteiger partial charge in [0.1, 0.15) is 17.0 Å². The molecule has 0 bridgehead atoms. The molecule has 4 aromatic heterocycles. The molecule has 0 aliphatic carbocycles. The number of nitrogen functional groups attached to an aromatic ring is 1. The van der Waals surface area contributed by atoms with Crippen molar-refractivity contribution in [3.05, 3.63) is 42.1 Å². The van der Waals surface area contributed by atoms with Crippen molar-refractivity contribution in [3.63, 3.8) is 0 Å². The summed E-state index contributed by atoms with van der Waals surface area (Å²) in [6, 6.07) is 1.63. The maximum atomic E-state index is 13.4. The van der Waals surface area contributed by atoms with Crippen molar-refractivity contribution in [1.82, 2.24) is 40.1 Å². The molecule has 0 amide bonds. The second-order valence-corrected chi connectivity index (χ2v) is 6.20. The van der Waals surface area contributed by atoms with Gasteiger partial charge in [-0.15, -0.1) is 16.9 Å². The highest BCUT2D eigenvalue weighted by atomic mass is 32.2. The van der Waals surface area contributed by atoms with E-state index in [1.165, 1.54) is 41.2 Å². The average molecular weight is 375 g/mol. The number of nitrogens with zero attached hydrogens (tertiary/aromatic N) is 7. The van der Waals surface area contributed by atoms with Crippen LogP contribution in [0.1, 0.15) is 17.7 Å². The lowest BCUT2D eigenvalue weighted by atomic mass is 10.3. The van der Waals surface area contributed by atoms with Crippen LogP contribution in [-0.4, -0.2) is 40.1 Å². The van der Waals surface area contributed by atoms with E-state index in [0.717, 1.165) is 0 Å². The highest BCUT2D eigenvalue weighted by Crippen LogP contribution is 2.32. The number of alkyl halides is 2. The summed E-state index contributed by atoms with van der Waals surface area (Å²) >= 11 is 1.30. The number of hydrogen-bond donors (Lipinski definition) is 2. The van der Waals surface area contributed by atoms with Crippen LogP contribution in [0.4, 0.5) is 14.6 Å². The first-order valence-electron chi connectivity index (χ1n) is 7.34. The minimum absolute atomic E-state index is 0.241. The summed E-state index contributed by atoms with van der Waals surface area (Å²) in [4.78, 5) is 12.7. The highest BCUT2D eigenvalue weighted by molar-refractivity contribution is 7.98. The van der Waals surface area contributed by atoms with Gasteiger partial charge < -0.3 is 5.73 Å². The molecule has 9 nitrogen and oxygen atoms in total. The van der Waals surface area contributed by atoms with E-state index in [0.29, 0.717) is 27.4 Å². The Morgan fingerprint density at radius 2 is 2.15 bits per heavy atom. The second-order valence-electron chi connectivity index (χ2n) is 5.18. The van der Waals surface area contributed by atoms with Gasteiger partial charge in [0, 0.05) is 34.8 Å². The molecule has 4 aromatic rings. The predicted octanol–water partition coefficient (Wildman–Crippen LogP) is 2.14. The van der Waals surface area contributed by atoms with Gasteiger partial charge in [0.15, 0.2) is 5.82 Å². The minimum atomic E-state index is -2.71. The van der Waals surface area contributed by atoms with E-state index >= 15 is 0 Å². The van der Waals surface area contributed by atoms with Crippen LogP contribution in [0, 0.1) is 0 Å². The molecule has 0 unspecified atom stereocenters. The molecule has 0 fully saturated rings. The summed E-state index contributed by atoms with van der Waals surface area (Å²) in [5.74, 6) is 0.877. The number of pyridine rings is 1. The molecule has 4 rings (SSSR count). The molecule has 0 aliphatic rings. The monoisotopic (exact) mass is 375 g/mol. The highest BCUT2D eigenvalue weighted by Gasteiger charge is 2.20. The van der Waals surface area contributed by atoms with Gasteiger partial charge in [-0.25, -0.2) is 23.4 Å². The molecule has 3 N–H and O–H groups in total. The van der Waals surface area contributed by atoms with Crippen molar-refractivity contribution in [2.75, 3.05) is 5.73 Å². The molecule has 0 aliphatic heterocycles. The van der Waals surface area contributed by atoms with Crippen LogP contribution in [-0.2, 0) is 5.75 Å². The van der Waals surface area contributed by atoms with E-state index in [4.69, 9.17) is 5.73 Å². The van der Waals surface area contributed by atoms with Crippen molar-refractivity contribution in [2.24, 2.45) is 0 Å². The second kappa shape index (κ2) is 6.63. The Kier molecular flexibility index (Phi) is 4.16. The first-order valence-corrected chi connectivity index (χ1v) is 8.33. The summed E-state index contributed by atoms with van der Waals surface area (Å²) in [5.41, 5.74) is 6.73. The number of aromatic amines is 1. The van der Waals surface area contributed by atoms with E-state index in [1.807, 2.05) is 0 Å². The fraction of sp³-hybridized carbons (Fsp3) is 0.143. The third-order valence-corrected chi connectivity index (χ3v) is 4.55. The third-order valence-electron chi connectivity index (χ3n) is 3.47. The Balaban J connectivity index is 1.65. The number of fused-ring (bicyclic) bond motifs is 1. The van der Waals surface area contributed by atoms with E-state index in [-0.39, 0.29) is 17.3 Å². The number of anilines is 1. The normalized spacial score (nSPS) is 11.5. The molecular weight excluding hydrogens is 364 g/mol. The topological polar surface area (TPSA) is 124 Å². The average Bonchev–Trinajstić information content (AvgIpc) is 3.27. The summed E-state index contributed by atoms with van der Waals surface area (Å²) in [6.45, 7) is 0. The number of rotatable bonds is 5. The number of halogens is 2. The molecule has 26 heavy (non-hydrogen) atoms. The van der Waals surface area contributed by atoms with Crippen molar-refractivity contribution >= 4 is 28.7 Å². The number of thioether (sulfide) groups is 1. The lowest BCUT2D eigenvalue weighted by Crippen LogP contribution is -1.99. The van der Waals surface area contributed by atoms with Crippen molar-refractivity contribution in [3.8, 4) is 5.82 Å². The molecule has 0 saturated heterocycles. The zero-order chi connectivity index (χ0) is 18.1. The lowest BCUT2D eigenvalue weighted by Gasteiger charge is -2.03. The molecule has 0 aromatic carbocycles. The van der Waals surface area contributed by atoms with Gasteiger partial charge in [-0.1, -0.05) is 0 Å². The lowest BCUT2D eigenvalue weighted by molar-refractivity contribution is 0.144. The van der Waals surface area contributed by atoms with Crippen LogP contribution in [0.3, 0.4) is 0 Å². The SMILES string of the molecule is Nc1cc(SCc2cn(-c3cnccn3)nc2C(F)F)c2n[nH]nc2n1. The standard InChI is InChI=1S/C14H11F2N9S/c15-13(16)11-7(5-25(23-11)10-4-18-1-2-19-10)6-26-8-3-9(17)20-14-12(8)21-24-22-14/h1-5,13H,6H2,(H3,17,20,21,22,24). The number of nitrogens with two attached hydrogens (primary N) is 1. The van der Waals surface area contributed by atoms with Gasteiger partial charge >= 0.3 is 0 Å². The molecule has 0 radical (unpaired) electrons. The summed E-state index contributed by atoms with van der Waals surface area (Å²) < 4.78 is 28.0. The summed E-state index contributed by atoms with van der Waals surface area (Å²) in [5, 5.41) is 14.3. The Bertz CT molecular complexity index is 1050.